The monoisotopic (exact) mass is 467 g/mol. The fraction of sp³-hybridized carbons (Fsp3) is 0.423. The molecule has 1 heterocycles. The van der Waals surface area contributed by atoms with Gasteiger partial charge in [0, 0.05) is 17.4 Å². The molecule has 0 N–H and O–H groups in total. The largest absolute Gasteiger partial charge is 0.466 e. The van der Waals surface area contributed by atoms with Crippen molar-refractivity contribution >= 4 is 32.8 Å². The van der Waals surface area contributed by atoms with Gasteiger partial charge >= 0.3 is 5.97 Å². The summed E-state index contributed by atoms with van der Waals surface area (Å²) in [4.78, 5) is 12.1. The minimum atomic E-state index is -0.153. The molecule has 1 aliphatic rings. The Kier molecular flexibility index (Phi) is 5.80. The van der Waals surface area contributed by atoms with Crippen LogP contribution in [-0.4, -0.2) is 17.1 Å². The number of nitrogens with zero attached hydrogens (tertiary/aromatic N) is 1. The highest BCUT2D eigenvalue weighted by molar-refractivity contribution is 9.10. The first-order chi connectivity index (χ1) is 14.3. The third-order valence-corrected chi connectivity index (χ3v) is 6.72. The lowest BCUT2D eigenvalue weighted by Crippen LogP contribution is -2.12. The Balaban J connectivity index is 1.85. The van der Waals surface area contributed by atoms with Crippen LogP contribution in [0.1, 0.15) is 64.0 Å². The molecule has 30 heavy (non-hydrogen) atoms. The van der Waals surface area contributed by atoms with Crippen molar-refractivity contribution in [2.24, 2.45) is 0 Å². The van der Waals surface area contributed by atoms with Crippen molar-refractivity contribution in [2.75, 3.05) is 6.61 Å². The summed E-state index contributed by atoms with van der Waals surface area (Å²) in [6.07, 6.45) is 2.93. The van der Waals surface area contributed by atoms with Gasteiger partial charge in [0.1, 0.15) is 0 Å². The molecule has 3 nitrogen and oxygen atoms in total. The maximum absolute atomic E-state index is 12.1. The van der Waals surface area contributed by atoms with Crippen LogP contribution in [0.4, 0.5) is 0 Å². The Labute approximate surface area is 187 Å². The van der Waals surface area contributed by atoms with Crippen LogP contribution >= 0.6 is 15.9 Å². The molecular formula is C26H30BrNO2. The summed E-state index contributed by atoms with van der Waals surface area (Å²) in [7, 11) is 0. The van der Waals surface area contributed by atoms with Crippen molar-refractivity contribution < 1.29 is 9.53 Å². The Hall–Kier alpha value is -2.07. The lowest BCUT2D eigenvalue weighted by Gasteiger charge is -2.20. The average Bonchev–Trinajstić information content (AvgIpc) is 3.52. The first kappa shape index (κ1) is 21.2. The van der Waals surface area contributed by atoms with E-state index in [0.29, 0.717) is 25.5 Å². The predicted octanol–water partition coefficient (Wildman–Crippen LogP) is 7.20. The van der Waals surface area contributed by atoms with E-state index in [9.17, 15) is 4.79 Å². The van der Waals surface area contributed by atoms with Gasteiger partial charge in [-0.15, -0.1) is 0 Å². The van der Waals surface area contributed by atoms with E-state index in [4.69, 9.17) is 4.74 Å². The molecule has 0 spiro atoms. The van der Waals surface area contributed by atoms with Gasteiger partial charge in [-0.1, -0.05) is 45.0 Å². The molecule has 0 unspecified atom stereocenters. The van der Waals surface area contributed by atoms with Crippen LogP contribution in [0.3, 0.4) is 0 Å². The van der Waals surface area contributed by atoms with Gasteiger partial charge in [0.25, 0.3) is 0 Å². The molecule has 0 bridgehead atoms. The topological polar surface area (TPSA) is 31.2 Å². The molecule has 4 rings (SSSR count). The third-order valence-electron chi connectivity index (χ3n) is 5.92. The van der Waals surface area contributed by atoms with Crippen molar-refractivity contribution in [2.45, 2.75) is 64.8 Å². The van der Waals surface area contributed by atoms with Gasteiger partial charge in [0.2, 0.25) is 0 Å². The van der Waals surface area contributed by atoms with E-state index in [1.807, 2.05) is 6.92 Å². The number of ether oxygens (including phenoxy) is 1. The summed E-state index contributed by atoms with van der Waals surface area (Å²) < 4.78 is 8.57. The number of aryl methyl sites for hydroxylation is 1. The molecule has 0 aliphatic heterocycles. The molecule has 3 aromatic rings. The molecule has 1 aromatic heterocycles. The van der Waals surface area contributed by atoms with Crippen LogP contribution in [-0.2, 0) is 21.5 Å². The molecule has 158 valence electrons. The number of hydrogen-bond acceptors (Lipinski definition) is 2. The number of carbonyl (C=O) groups excluding carboxylic acids is 1. The SMILES string of the molecule is CCOC(=O)CCn1c(-c2cccc(C(C)(C)C)c2)c(Br)c2cc(C3CC3)ccc21. The molecule has 4 heteroatoms. The van der Waals surface area contributed by atoms with E-state index in [1.165, 1.54) is 34.9 Å². The molecule has 1 saturated carbocycles. The van der Waals surface area contributed by atoms with Crippen molar-refractivity contribution in [1.29, 1.82) is 0 Å². The smallest absolute Gasteiger partial charge is 0.307 e. The van der Waals surface area contributed by atoms with Crippen LogP contribution in [0, 0.1) is 0 Å². The van der Waals surface area contributed by atoms with Crippen molar-refractivity contribution in [1.82, 2.24) is 4.57 Å². The lowest BCUT2D eigenvalue weighted by molar-refractivity contribution is -0.143. The van der Waals surface area contributed by atoms with Crippen molar-refractivity contribution in [3.05, 3.63) is 58.1 Å². The molecule has 2 aromatic carbocycles. The minimum Gasteiger partial charge on any atom is -0.466 e. The second-order valence-corrected chi connectivity index (χ2v) is 10.0. The molecule has 0 amide bonds. The predicted molar refractivity (Wildman–Crippen MR) is 127 cm³/mol. The highest BCUT2D eigenvalue weighted by atomic mass is 79.9. The number of aromatic nitrogens is 1. The van der Waals surface area contributed by atoms with Gasteiger partial charge in [0.05, 0.1) is 23.2 Å². The van der Waals surface area contributed by atoms with Gasteiger partial charge in [-0.05, 0) is 81.9 Å². The first-order valence-electron chi connectivity index (χ1n) is 10.9. The van der Waals surface area contributed by atoms with Gasteiger partial charge in [0.15, 0.2) is 0 Å². The minimum absolute atomic E-state index is 0.0728. The number of esters is 1. The third kappa shape index (κ3) is 4.20. The van der Waals surface area contributed by atoms with E-state index in [2.05, 4.69) is 83.7 Å². The average molecular weight is 468 g/mol. The Morgan fingerprint density at radius 1 is 1.17 bits per heavy atom. The summed E-state index contributed by atoms with van der Waals surface area (Å²) in [5.41, 5.74) is 6.25. The maximum Gasteiger partial charge on any atom is 0.307 e. The van der Waals surface area contributed by atoms with E-state index in [-0.39, 0.29) is 11.4 Å². The first-order valence-corrected chi connectivity index (χ1v) is 11.7. The number of carbonyl (C=O) groups is 1. The van der Waals surface area contributed by atoms with Crippen molar-refractivity contribution in [3.63, 3.8) is 0 Å². The quantitative estimate of drug-likeness (QED) is 0.358. The Morgan fingerprint density at radius 3 is 2.60 bits per heavy atom. The number of halogens is 1. The molecule has 0 atom stereocenters. The zero-order chi connectivity index (χ0) is 21.5. The zero-order valence-electron chi connectivity index (χ0n) is 18.3. The molecule has 0 saturated heterocycles. The van der Waals surface area contributed by atoms with E-state index < -0.39 is 0 Å². The number of fused-ring (bicyclic) bond motifs is 1. The summed E-state index contributed by atoms with van der Waals surface area (Å²) in [5.74, 6) is 0.552. The number of benzene rings is 2. The lowest BCUT2D eigenvalue weighted by atomic mass is 9.86. The van der Waals surface area contributed by atoms with Gasteiger partial charge in [-0.3, -0.25) is 4.79 Å². The number of rotatable bonds is 6. The van der Waals surface area contributed by atoms with Crippen LogP contribution in [0.25, 0.3) is 22.2 Å². The number of hydrogen-bond donors (Lipinski definition) is 0. The van der Waals surface area contributed by atoms with Crippen LogP contribution in [0.2, 0.25) is 0 Å². The van der Waals surface area contributed by atoms with Gasteiger partial charge in [-0.25, -0.2) is 0 Å². The fourth-order valence-electron chi connectivity index (χ4n) is 4.09. The summed E-state index contributed by atoms with van der Waals surface area (Å²) in [6, 6.07) is 15.6. The second kappa shape index (κ2) is 8.22. The van der Waals surface area contributed by atoms with Crippen molar-refractivity contribution in [3.8, 4) is 11.3 Å². The van der Waals surface area contributed by atoms with Crippen LogP contribution < -0.4 is 0 Å². The van der Waals surface area contributed by atoms with Crippen LogP contribution in [0.5, 0.6) is 0 Å². The molecule has 1 aliphatic carbocycles. The molecule has 1 fully saturated rings. The summed E-state index contributed by atoms with van der Waals surface area (Å²) in [5, 5.41) is 1.22. The summed E-state index contributed by atoms with van der Waals surface area (Å²) >= 11 is 3.92. The molecular weight excluding hydrogens is 438 g/mol. The standard InChI is InChI=1S/C26H30BrNO2/c1-5-30-23(29)13-14-28-22-12-11-18(17-9-10-17)16-21(22)24(27)25(28)19-7-6-8-20(15-19)26(2,3)4/h6-8,11-12,15-17H,5,9-10,13-14H2,1-4H3. The fourth-order valence-corrected chi connectivity index (χ4v) is 4.85. The second-order valence-electron chi connectivity index (χ2n) is 9.25. The highest BCUT2D eigenvalue weighted by Gasteiger charge is 2.26. The summed E-state index contributed by atoms with van der Waals surface area (Å²) in [6.45, 7) is 9.57. The Bertz CT molecular complexity index is 1090. The van der Waals surface area contributed by atoms with Crippen LogP contribution in [0.15, 0.2) is 46.9 Å². The molecule has 0 radical (unpaired) electrons. The van der Waals surface area contributed by atoms with E-state index in [1.54, 1.807) is 0 Å². The highest BCUT2D eigenvalue weighted by Crippen LogP contribution is 2.44. The Morgan fingerprint density at radius 2 is 1.93 bits per heavy atom. The maximum atomic E-state index is 12.1. The van der Waals surface area contributed by atoms with Gasteiger partial charge in [-0.2, -0.15) is 0 Å². The van der Waals surface area contributed by atoms with E-state index >= 15 is 0 Å². The normalized spacial score (nSPS) is 14.3. The van der Waals surface area contributed by atoms with E-state index in [0.717, 1.165) is 15.7 Å². The van der Waals surface area contributed by atoms with Gasteiger partial charge < -0.3 is 9.30 Å². The zero-order valence-corrected chi connectivity index (χ0v) is 19.9.